The summed E-state index contributed by atoms with van der Waals surface area (Å²) >= 11 is 1.66. The molecule has 4 rings (SSSR count). The van der Waals surface area contributed by atoms with E-state index in [0.717, 1.165) is 16.3 Å². The van der Waals surface area contributed by atoms with Gasteiger partial charge in [-0.25, -0.2) is 9.97 Å². The van der Waals surface area contributed by atoms with Crippen molar-refractivity contribution >= 4 is 11.3 Å². The van der Waals surface area contributed by atoms with Crippen molar-refractivity contribution in [3.05, 3.63) is 53.0 Å². The summed E-state index contributed by atoms with van der Waals surface area (Å²) in [5.41, 5.74) is 6.29. The fourth-order valence-corrected chi connectivity index (χ4v) is 3.75. The first-order chi connectivity index (χ1) is 10.8. The van der Waals surface area contributed by atoms with Crippen LogP contribution in [0, 0.1) is 0 Å². The number of aryl methyl sites for hydroxylation is 2. The summed E-state index contributed by atoms with van der Waals surface area (Å²) in [4.78, 5) is 8.93. The maximum absolute atomic E-state index is 5.18. The van der Waals surface area contributed by atoms with Crippen molar-refractivity contribution in [1.29, 1.82) is 0 Å². The van der Waals surface area contributed by atoms with Gasteiger partial charge in [-0.05, 0) is 42.5 Å². The Morgan fingerprint density at radius 3 is 2.86 bits per heavy atom. The molecule has 0 radical (unpaired) electrons. The molecule has 2 heterocycles. The van der Waals surface area contributed by atoms with Crippen LogP contribution in [0.2, 0.25) is 0 Å². The number of benzene rings is 1. The third kappa shape index (κ3) is 2.40. The fourth-order valence-electron chi connectivity index (χ4n) is 2.92. The molecule has 0 aliphatic heterocycles. The molecule has 0 atom stereocenters. The monoisotopic (exact) mass is 308 g/mol. The van der Waals surface area contributed by atoms with Crippen LogP contribution >= 0.6 is 11.3 Å². The van der Waals surface area contributed by atoms with E-state index >= 15 is 0 Å². The minimum atomic E-state index is 0.617. The van der Waals surface area contributed by atoms with Gasteiger partial charge in [0.2, 0.25) is 5.88 Å². The average Bonchev–Trinajstić information content (AvgIpc) is 3.23. The highest BCUT2D eigenvalue weighted by Gasteiger charge is 2.13. The Morgan fingerprint density at radius 2 is 1.95 bits per heavy atom. The molecular formula is C18H16N2OS. The van der Waals surface area contributed by atoms with Gasteiger partial charge in [-0.2, -0.15) is 0 Å². The molecule has 3 nitrogen and oxygen atoms in total. The van der Waals surface area contributed by atoms with Crippen LogP contribution in [0.25, 0.3) is 21.8 Å². The summed E-state index contributed by atoms with van der Waals surface area (Å²) in [7, 11) is 1.63. The molecule has 2 aromatic heterocycles. The minimum absolute atomic E-state index is 0.617. The smallest absolute Gasteiger partial charge is 0.213 e. The molecule has 0 saturated heterocycles. The van der Waals surface area contributed by atoms with Gasteiger partial charge in [-0.1, -0.05) is 12.1 Å². The van der Waals surface area contributed by atoms with Gasteiger partial charge in [-0.3, -0.25) is 0 Å². The molecule has 0 N–H and O–H groups in total. The van der Waals surface area contributed by atoms with E-state index in [0.29, 0.717) is 5.88 Å². The second-order valence-electron chi connectivity index (χ2n) is 5.46. The van der Waals surface area contributed by atoms with Crippen LogP contribution in [-0.4, -0.2) is 17.1 Å². The number of ether oxygens (including phenoxy) is 1. The van der Waals surface area contributed by atoms with Crippen molar-refractivity contribution < 1.29 is 4.74 Å². The van der Waals surface area contributed by atoms with Gasteiger partial charge in [0, 0.05) is 28.8 Å². The number of nitrogens with zero attached hydrogens (tertiary/aromatic N) is 2. The van der Waals surface area contributed by atoms with E-state index in [-0.39, 0.29) is 0 Å². The summed E-state index contributed by atoms with van der Waals surface area (Å²) in [6.45, 7) is 0. The van der Waals surface area contributed by atoms with E-state index in [2.05, 4.69) is 28.6 Å². The van der Waals surface area contributed by atoms with Crippen molar-refractivity contribution in [3.63, 3.8) is 0 Å². The average molecular weight is 308 g/mol. The molecule has 1 aliphatic carbocycles. The summed E-state index contributed by atoms with van der Waals surface area (Å²) in [6, 6.07) is 10.6. The topological polar surface area (TPSA) is 35.0 Å². The largest absolute Gasteiger partial charge is 0.481 e. The highest BCUT2D eigenvalue weighted by molar-refractivity contribution is 7.13. The molecule has 0 spiro atoms. The lowest BCUT2D eigenvalue weighted by Crippen LogP contribution is -1.88. The highest BCUT2D eigenvalue weighted by Crippen LogP contribution is 2.32. The third-order valence-corrected chi connectivity index (χ3v) is 4.98. The molecule has 0 bridgehead atoms. The number of methoxy groups -OCH3 is 1. The van der Waals surface area contributed by atoms with Gasteiger partial charge in [0.05, 0.1) is 12.8 Å². The quantitative estimate of drug-likeness (QED) is 0.720. The molecule has 0 unspecified atom stereocenters. The molecule has 0 saturated carbocycles. The maximum atomic E-state index is 5.18. The van der Waals surface area contributed by atoms with Gasteiger partial charge < -0.3 is 4.74 Å². The predicted octanol–water partition coefficient (Wildman–Crippen LogP) is 4.37. The van der Waals surface area contributed by atoms with E-state index in [9.17, 15) is 0 Å². The summed E-state index contributed by atoms with van der Waals surface area (Å²) < 4.78 is 5.18. The van der Waals surface area contributed by atoms with Crippen LogP contribution < -0.4 is 4.74 Å². The standard InChI is InChI=1S/C18H16N2OS/c1-21-17-10-15(7-8-19-17)18-20-16(11-22-18)14-6-5-12-3-2-4-13(12)9-14/h5-11H,2-4H2,1H3. The Kier molecular flexibility index (Phi) is 3.39. The van der Waals surface area contributed by atoms with Crippen molar-refractivity contribution in [3.8, 4) is 27.7 Å². The Labute approximate surface area is 133 Å². The zero-order valence-electron chi connectivity index (χ0n) is 12.4. The molecule has 4 heteroatoms. The fraction of sp³-hybridized carbons (Fsp3) is 0.222. The molecule has 1 aliphatic rings. The summed E-state index contributed by atoms with van der Waals surface area (Å²) in [5, 5.41) is 3.12. The van der Waals surface area contributed by atoms with Crippen LogP contribution in [0.5, 0.6) is 5.88 Å². The number of rotatable bonds is 3. The Hall–Kier alpha value is -2.20. The van der Waals surface area contributed by atoms with Gasteiger partial charge in [0.15, 0.2) is 0 Å². The third-order valence-electron chi connectivity index (χ3n) is 4.09. The zero-order valence-corrected chi connectivity index (χ0v) is 13.2. The van der Waals surface area contributed by atoms with Crippen LogP contribution in [0.15, 0.2) is 41.9 Å². The Bertz CT molecular complexity index is 825. The van der Waals surface area contributed by atoms with Gasteiger partial charge in [0.1, 0.15) is 5.01 Å². The first-order valence-corrected chi connectivity index (χ1v) is 8.29. The van der Waals surface area contributed by atoms with E-state index < -0.39 is 0 Å². The predicted molar refractivity (Wildman–Crippen MR) is 89.4 cm³/mol. The van der Waals surface area contributed by atoms with E-state index in [1.54, 1.807) is 24.6 Å². The van der Waals surface area contributed by atoms with E-state index in [4.69, 9.17) is 9.72 Å². The number of fused-ring (bicyclic) bond motifs is 1. The Balaban J connectivity index is 1.69. The van der Waals surface area contributed by atoms with Crippen LogP contribution in [-0.2, 0) is 12.8 Å². The van der Waals surface area contributed by atoms with Crippen molar-refractivity contribution in [2.45, 2.75) is 19.3 Å². The number of pyridine rings is 1. The number of hydrogen-bond acceptors (Lipinski definition) is 4. The lowest BCUT2D eigenvalue weighted by Gasteiger charge is -2.02. The van der Waals surface area contributed by atoms with Crippen molar-refractivity contribution in [1.82, 2.24) is 9.97 Å². The van der Waals surface area contributed by atoms with Gasteiger partial charge in [-0.15, -0.1) is 11.3 Å². The number of aromatic nitrogens is 2. The lowest BCUT2D eigenvalue weighted by atomic mass is 10.1. The second kappa shape index (κ2) is 5.54. The van der Waals surface area contributed by atoms with Gasteiger partial charge in [0.25, 0.3) is 0 Å². The first kappa shape index (κ1) is 13.5. The van der Waals surface area contributed by atoms with Gasteiger partial charge >= 0.3 is 0 Å². The number of hydrogen-bond donors (Lipinski definition) is 0. The molecule has 3 aromatic rings. The van der Waals surface area contributed by atoms with Crippen LogP contribution in [0.3, 0.4) is 0 Å². The molecule has 1 aromatic carbocycles. The normalized spacial score (nSPS) is 13.1. The Morgan fingerprint density at radius 1 is 1.05 bits per heavy atom. The van der Waals surface area contributed by atoms with Crippen molar-refractivity contribution in [2.24, 2.45) is 0 Å². The second-order valence-corrected chi connectivity index (χ2v) is 6.32. The van der Waals surface area contributed by atoms with Crippen LogP contribution in [0.1, 0.15) is 17.5 Å². The maximum Gasteiger partial charge on any atom is 0.213 e. The minimum Gasteiger partial charge on any atom is -0.481 e. The molecular weight excluding hydrogens is 292 g/mol. The highest BCUT2D eigenvalue weighted by atomic mass is 32.1. The van der Waals surface area contributed by atoms with E-state index in [1.807, 2.05) is 12.1 Å². The zero-order chi connectivity index (χ0) is 14.9. The summed E-state index contributed by atoms with van der Waals surface area (Å²) in [5.74, 6) is 0.617. The van der Waals surface area contributed by atoms with Crippen molar-refractivity contribution in [2.75, 3.05) is 7.11 Å². The first-order valence-electron chi connectivity index (χ1n) is 7.41. The SMILES string of the molecule is COc1cc(-c2nc(-c3ccc4c(c3)CCC4)cs2)ccn1. The van der Waals surface area contributed by atoms with Crippen LogP contribution in [0.4, 0.5) is 0 Å². The molecule has 22 heavy (non-hydrogen) atoms. The summed E-state index contributed by atoms with van der Waals surface area (Å²) in [6.07, 6.45) is 5.44. The lowest BCUT2D eigenvalue weighted by molar-refractivity contribution is 0.398. The molecule has 110 valence electrons. The molecule has 0 fully saturated rings. The number of thiazole rings is 1. The van der Waals surface area contributed by atoms with E-state index in [1.165, 1.54) is 36.0 Å². The molecule has 0 amide bonds.